The van der Waals surface area contributed by atoms with Gasteiger partial charge in [0.05, 0.1) is 22.2 Å². The van der Waals surface area contributed by atoms with Crippen LogP contribution in [0.25, 0.3) is 9.53 Å². The number of ether oxygens (including phenoxy) is 1. The van der Waals surface area contributed by atoms with Gasteiger partial charge in [-0.2, -0.15) is 0 Å². The molecule has 0 aliphatic heterocycles. The number of rotatable bonds is 3. The van der Waals surface area contributed by atoms with Crippen LogP contribution in [0.2, 0.25) is 0 Å². The molecule has 0 spiro atoms. The third-order valence-electron chi connectivity index (χ3n) is 2.60. The van der Waals surface area contributed by atoms with Gasteiger partial charge in [-0.25, -0.2) is 4.98 Å². The molecule has 0 saturated heterocycles. The Balaban J connectivity index is 0.00000147. The Labute approximate surface area is 119 Å². The maximum Gasteiger partial charge on any atom is 0.265 e. The highest BCUT2D eigenvalue weighted by atomic mass is 32.1. The number of nitrogens with one attached hydrogen (secondary N) is 1. The zero-order chi connectivity index (χ0) is 13.2. The number of methoxy groups -OCH3 is 1. The van der Waals surface area contributed by atoms with Gasteiger partial charge in [-0.15, -0.1) is 22.7 Å². The van der Waals surface area contributed by atoms with E-state index in [1.165, 1.54) is 22.7 Å². The molecule has 98 valence electrons. The van der Waals surface area contributed by atoms with Crippen molar-refractivity contribution in [2.45, 2.75) is 0 Å². The summed E-state index contributed by atoms with van der Waals surface area (Å²) in [5, 5.41) is 2.85. The Morgan fingerprint density at radius 1 is 1.37 bits per heavy atom. The minimum Gasteiger partial charge on any atom is -0.497 e. The molecule has 0 atom stereocenters. The zero-order valence-electron chi connectivity index (χ0n) is 10.0. The Morgan fingerprint density at radius 2 is 2.16 bits per heavy atom. The number of thiazole rings is 1. The number of thiophene rings is 1. The molecule has 3 rings (SSSR count). The van der Waals surface area contributed by atoms with Gasteiger partial charge in [0.15, 0.2) is 0 Å². The number of nitrogens with zero attached hydrogens (tertiary/aromatic N) is 1. The molecule has 0 saturated carbocycles. The monoisotopic (exact) mass is 292 g/mol. The van der Waals surface area contributed by atoms with Crippen molar-refractivity contribution in [1.29, 1.82) is 0 Å². The first-order valence-corrected chi connectivity index (χ1v) is 7.24. The molecule has 0 aliphatic rings. The van der Waals surface area contributed by atoms with Crippen LogP contribution >= 0.6 is 22.7 Å². The predicted octanol–water partition coefficient (Wildman–Crippen LogP) is 3.86. The molecule has 1 amide bonds. The van der Waals surface area contributed by atoms with E-state index >= 15 is 0 Å². The summed E-state index contributed by atoms with van der Waals surface area (Å²) in [5.74, 6) is 0.652. The highest BCUT2D eigenvalue weighted by molar-refractivity contribution is 7.27. The third-order valence-corrected chi connectivity index (χ3v) is 4.55. The standard InChI is InChI=1S/C13H10N2O2S2.H2/c1-17-9-4-2-8(3-5-9)15-12(16)10-6-11-13(19-10)14-7-18-11;/h2-7H,1H3,(H,15,16);1H. The highest BCUT2D eigenvalue weighted by Gasteiger charge is 2.11. The van der Waals surface area contributed by atoms with Crippen molar-refractivity contribution in [3.63, 3.8) is 0 Å². The van der Waals surface area contributed by atoms with Gasteiger partial charge < -0.3 is 10.1 Å². The number of carbonyl (C=O) groups excluding carboxylic acids is 1. The van der Waals surface area contributed by atoms with Crippen LogP contribution in [0.15, 0.2) is 35.8 Å². The van der Waals surface area contributed by atoms with Crippen molar-refractivity contribution in [2.24, 2.45) is 0 Å². The van der Waals surface area contributed by atoms with Crippen LogP contribution < -0.4 is 10.1 Å². The molecule has 2 heterocycles. The van der Waals surface area contributed by atoms with Crippen molar-refractivity contribution < 1.29 is 11.0 Å². The smallest absolute Gasteiger partial charge is 0.265 e. The topological polar surface area (TPSA) is 51.2 Å². The van der Waals surface area contributed by atoms with Gasteiger partial charge in [0, 0.05) is 7.11 Å². The second kappa shape index (κ2) is 4.99. The van der Waals surface area contributed by atoms with E-state index in [9.17, 15) is 4.79 Å². The molecule has 0 radical (unpaired) electrons. The predicted molar refractivity (Wildman–Crippen MR) is 80.6 cm³/mol. The van der Waals surface area contributed by atoms with Gasteiger partial charge in [0.2, 0.25) is 0 Å². The summed E-state index contributed by atoms with van der Waals surface area (Å²) in [6.07, 6.45) is 0. The number of anilines is 1. The third kappa shape index (κ3) is 2.45. The molecule has 0 bridgehead atoms. The number of fused-ring (bicyclic) bond motifs is 1. The number of benzene rings is 1. The minimum absolute atomic E-state index is 0. The summed E-state index contributed by atoms with van der Waals surface area (Å²) in [7, 11) is 1.61. The number of amides is 1. The Morgan fingerprint density at radius 3 is 2.84 bits per heavy atom. The molecular weight excluding hydrogens is 280 g/mol. The lowest BCUT2D eigenvalue weighted by atomic mass is 10.3. The van der Waals surface area contributed by atoms with E-state index in [1.807, 2.05) is 30.3 Å². The van der Waals surface area contributed by atoms with E-state index in [-0.39, 0.29) is 7.33 Å². The van der Waals surface area contributed by atoms with Crippen LogP contribution in [0.4, 0.5) is 5.69 Å². The molecule has 4 nitrogen and oxygen atoms in total. The van der Waals surface area contributed by atoms with Crippen molar-refractivity contribution in [3.05, 3.63) is 40.7 Å². The molecule has 0 fully saturated rings. The largest absolute Gasteiger partial charge is 0.497 e. The average Bonchev–Trinajstić information content (AvgIpc) is 3.00. The average molecular weight is 292 g/mol. The zero-order valence-corrected chi connectivity index (χ0v) is 11.7. The van der Waals surface area contributed by atoms with Crippen LogP contribution in [0.3, 0.4) is 0 Å². The number of carbonyl (C=O) groups is 1. The van der Waals surface area contributed by atoms with Crippen LogP contribution in [-0.2, 0) is 0 Å². The molecule has 0 aliphatic carbocycles. The van der Waals surface area contributed by atoms with Crippen molar-refractivity contribution in [3.8, 4) is 5.75 Å². The molecule has 2 aromatic heterocycles. The maximum atomic E-state index is 12.1. The molecule has 0 unspecified atom stereocenters. The van der Waals surface area contributed by atoms with Crippen molar-refractivity contribution in [1.82, 2.24) is 4.98 Å². The second-order valence-corrected chi connectivity index (χ2v) is 5.73. The SMILES string of the molecule is COc1ccc(NC(=O)c2cc3scnc3s2)cc1.[HH]. The van der Waals surface area contributed by atoms with E-state index in [1.54, 1.807) is 12.6 Å². The summed E-state index contributed by atoms with van der Waals surface area (Å²) >= 11 is 2.94. The highest BCUT2D eigenvalue weighted by Crippen LogP contribution is 2.28. The van der Waals surface area contributed by atoms with Crippen LogP contribution in [0.5, 0.6) is 5.75 Å². The number of hydrogen-bond acceptors (Lipinski definition) is 5. The lowest BCUT2D eigenvalue weighted by Gasteiger charge is -2.04. The van der Waals surface area contributed by atoms with Gasteiger partial charge in [0.1, 0.15) is 10.6 Å². The van der Waals surface area contributed by atoms with E-state index in [0.29, 0.717) is 4.88 Å². The molecule has 1 aromatic carbocycles. The molecule has 1 N–H and O–H groups in total. The Kier molecular flexibility index (Phi) is 3.18. The quantitative estimate of drug-likeness (QED) is 0.797. The molecular formula is C13H12N2O2S2. The van der Waals surface area contributed by atoms with E-state index in [0.717, 1.165) is 21.0 Å². The van der Waals surface area contributed by atoms with Gasteiger partial charge in [0.25, 0.3) is 5.91 Å². The summed E-state index contributed by atoms with van der Waals surface area (Å²) in [4.78, 5) is 17.9. The van der Waals surface area contributed by atoms with Gasteiger partial charge in [-0.3, -0.25) is 4.79 Å². The lowest BCUT2D eigenvalue weighted by Crippen LogP contribution is -2.09. The summed E-state index contributed by atoms with van der Waals surface area (Å²) in [6, 6.07) is 9.11. The summed E-state index contributed by atoms with van der Waals surface area (Å²) in [5.41, 5.74) is 2.53. The van der Waals surface area contributed by atoms with E-state index < -0.39 is 0 Å². The molecule has 3 aromatic rings. The summed E-state index contributed by atoms with van der Waals surface area (Å²) < 4.78 is 6.12. The lowest BCUT2D eigenvalue weighted by molar-refractivity contribution is 0.103. The molecule has 19 heavy (non-hydrogen) atoms. The van der Waals surface area contributed by atoms with E-state index in [4.69, 9.17) is 4.74 Å². The minimum atomic E-state index is -0.111. The van der Waals surface area contributed by atoms with Gasteiger partial charge >= 0.3 is 0 Å². The first-order valence-electron chi connectivity index (χ1n) is 5.55. The fraction of sp³-hybridized carbons (Fsp3) is 0.0769. The van der Waals surface area contributed by atoms with Crippen LogP contribution in [0.1, 0.15) is 11.1 Å². The number of hydrogen-bond donors (Lipinski definition) is 1. The van der Waals surface area contributed by atoms with Crippen molar-refractivity contribution >= 4 is 43.8 Å². The molecule has 6 heteroatoms. The second-order valence-electron chi connectivity index (χ2n) is 3.82. The normalized spacial score (nSPS) is 10.6. The first-order chi connectivity index (χ1) is 9.26. The first kappa shape index (κ1) is 12.1. The van der Waals surface area contributed by atoms with Gasteiger partial charge in [-0.05, 0) is 30.3 Å². The fourth-order valence-corrected chi connectivity index (χ4v) is 3.46. The fourth-order valence-electron chi connectivity index (χ4n) is 1.65. The van der Waals surface area contributed by atoms with Crippen molar-refractivity contribution in [2.75, 3.05) is 12.4 Å². The van der Waals surface area contributed by atoms with Crippen LogP contribution in [0, 0.1) is 0 Å². The maximum absolute atomic E-state index is 12.1. The van der Waals surface area contributed by atoms with Gasteiger partial charge in [-0.1, -0.05) is 0 Å². The Bertz CT molecular complexity index is 693. The summed E-state index contributed by atoms with van der Waals surface area (Å²) in [6.45, 7) is 0. The van der Waals surface area contributed by atoms with E-state index in [2.05, 4.69) is 10.3 Å². The number of aromatic nitrogens is 1. The van der Waals surface area contributed by atoms with Crippen LogP contribution in [-0.4, -0.2) is 18.0 Å². The Hall–Kier alpha value is -1.92.